The van der Waals surface area contributed by atoms with Gasteiger partial charge >= 0.3 is 0 Å². The Hall–Kier alpha value is -2.18. The largest absolute Gasteiger partial charge is 0.366 e. The van der Waals surface area contributed by atoms with Gasteiger partial charge in [0.15, 0.2) is 5.11 Å². The molecule has 2 amide bonds. The second-order valence-electron chi connectivity index (χ2n) is 8.12. The molecular weight excluding hydrogens is 406 g/mol. The molecule has 1 fully saturated rings. The molecule has 0 radical (unpaired) electrons. The quantitative estimate of drug-likeness (QED) is 0.335. The van der Waals surface area contributed by atoms with Crippen LogP contribution in [0.4, 0.5) is 5.69 Å². The highest BCUT2D eigenvalue weighted by molar-refractivity contribution is 7.80. The normalized spacial score (nSPS) is 22.6. The fraction of sp³-hybridized carbons (Fsp3) is 0.409. The van der Waals surface area contributed by atoms with Crippen LogP contribution in [0.5, 0.6) is 0 Å². The fourth-order valence-electron chi connectivity index (χ4n) is 4.37. The topological polar surface area (TPSA) is 52.7 Å². The van der Waals surface area contributed by atoms with Gasteiger partial charge in [0, 0.05) is 29.3 Å². The molecule has 1 aromatic carbocycles. The number of hydrogen-bond donors (Lipinski definition) is 1. The summed E-state index contributed by atoms with van der Waals surface area (Å²) in [7, 11) is 0. The molecule has 1 atom stereocenters. The zero-order valence-corrected chi connectivity index (χ0v) is 18.8. The lowest BCUT2D eigenvalue weighted by Gasteiger charge is -2.47. The molecule has 2 aliphatic heterocycles. The van der Waals surface area contributed by atoms with E-state index in [0.29, 0.717) is 16.5 Å². The van der Waals surface area contributed by atoms with Crippen LogP contribution in [-0.4, -0.2) is 40.5 Å². The van der Waals surface area contributed by atoms with E-state index in [0.717, 1.165) is 18.7 Å². The van der Waals surface area contributed by atoms with Gasteiger partial charge in [-0.3, -0.25) is 19.8 Å². The molecular formula is C22H26ClN3O2S. The Morgan fingerprint density at radius 2 is 2.07 bits per heavy atom. The maximum Gasteiger partial charge on any atom is 0.265 e. The first-order chi connectivity index (χ1) is 13.6. The van der Waals surface area contributed by atoms with Crippen molar-refractivity contribution in [3.63, 3.8) is 0 Å². The highest BCUT2D eigenvalue weighted by Crippen LogP contribution is 2.45. The molecule has 2 heterocycles. The van der Waals surface area contributed by atoms with Crippen molar-refractivity contribution in [1.29, 1.82) is 0 Å². The highest BCUT2D eigenvalue weighted by Gasteiger charge is 2.36. The van der Waals surface area contributed by atoms with Gasteiger partial charge in [0.25, 0.3) is 11.8 Å². The SMILES string of the molecule is C=CCN1C(=O)/C(=C/c2cc3c(cc2Cl)N(CC)C(C)(C)CC3C)C(=O)NC1=S. The van der Waals surface area contributed by atoms with E-state index in [1.807, 2.05) is 12.1 Å². The van der Waals surface area contributed by atoms with Crippen molar-refractivity contribution in [2.24, 2.45) is 0 Å². The van der Waals surface area contributed by atoms with E-state index in [9.17, 15) is 9.59 Å². The summed E-state index contributed by atoms with van der Waals surface area (Å²) in [4.78, 5) is 28.9. The van der Waals surface area contributed by atoms with Gasteiger partial charge in [0.2, 0.25) is 0 Å². The van der Waals surface area contributed by atoms with Gasteiger partial charge in [-0.25, -0.2) is 0 Å². The maximum absolute atomic E-state index is 12.8. The van der Waals surface area contributed by atoms with Crippen LogP contribution in [0.1, 0.15) is 51.2 Å². The Kier molecular flexibility index (Phi) is 5.88. The van der Waals surface area contributed by atoms with Crippen LogP contribution in [0.25, 0.3) is 6.08 Å². The summed E-state index contributed by atoms with van der Waals surface area (Å²) < 4.78 is 0. The van der Waals surface area contributed by atoms with Gasteiger partial charge in [-0.15, -0.1) is 6.58 Å². The summed E-state index contributed by atoms with van der Waals surface area (Å²) in [5.41, 5.74) is 2.98. The number of amides is 2. The smallest absolute Gasteiger partial charge is 0.265 e. The van der Waals surface area contributed by atoms with Crippen molar-refractivity contribution in [2.45, 2.75) is 45.6 Å². The minimum atomic E-state index is -0.515. The summed E-state index contributed by atoms with van der Waals surface area (Å²) in [5.74, 6) is -0.631. The molecule has 1 saturated heterocycles. The zero-order chi connectivity index (χ0) is 21.5. The number of hydrogen-bond acceptors (Lipinski definition) is 4. The van der Waals surface area contributed by atoms with E-state index in [4.69, 9.17) is 23.8 Å². The second kappa shape index (κ2) is 7.92. The Morgan fingerprint density at radius 1 is 1.38 bits per heavy atom. The van der Waals surface area contributed by atoms with Gasteiger partial charge < -0.3 is 4.90 Å². The third-order valence-electron chi connectivity index (χ3n) is 5.62. The van der Waals surface area contributed by atoms with Gasteiger partial charge in [-0.05, 0) is 74.7 Å². The van der Waals surface area contributed by atoms with Crippen molar-refractivity contribution in [3.8, 4) is 0 Å². The number of carbonyl (C=O) groups is 2. The van der Waals surface area contributed by atoms with Crippen molar-refractivity contribution in [3.05, 3.63) is 46.5 Å². The zero-order valence-electron chi connectivity index (χ0n) is 17.2. The Balaban J connectivity index is 2.08. The van der Waals surface area contributed by atoms with Crippen LogP contribution in [0.15, 0.2) is 30.4 Å². The molecule has 0 saturated carbocycles. The molecule has 3 rings (SSSR count). The average molecular weight is 432 g/mol. The molecule has 0 aliphatic carbocycles. The molecule has 1 unspecified atom stereocenters. The molecule has 5 nitrogen and oxygen atoms in total. The van der Waals surface area contributed by atoms with E-state index in [1.54, 1.807) is 12.2 Å². The van der Waals surface area contributed by atoms with Crippen molar-refractivity contribution < 1.29 is 9.59 Å². The predicted molar refractivity (Wildman–Crippen MR) is 122 cm³/mol. The number of benzene rings is 1. The number of nitrogens with zero attached hydrogens (tertiary/aromatic N) is 2. The summed E-state index contributed by atoms with van der Waals surface area (Å²) in [6.45, 7) is 13.5. The Bertz CT molecular complexity index is 938. The molecule has 1 aromatic rings. The van der Waals surface area contributed by atoms with Crippen molar-refractivity contribution in [1.82, 2.24) is 10.2 Å². The summed E-state index contributed by atoms with van der Waals surface area (Å²) in [5, 5.41) is 3.15. The van der Waals surface area contributed by atoms with Gasteiger partial charge in [0.1, 0.15) is 5.57 Å². The van der Waals surface area contributed by atoms with E-state index in [2.05, 4.69) is 44.5 Å². The third-order valence-corrected chi connectivity index (χ3v) is 6.27. The Morgan fingerprint density at radius 3 is 2.69 bits per heavy atom. The van der Waals surface area contributed by atoms with Crippen LogP contribution in [-0.2, 0) is 9.59 Å². The highest BCUT2D eigenvalue weighted by atomic mass is 35.5. The lowest BCUT2D eigenvalue weighted by atomic mass is 9.79. The fourth-order valence-corrected chi connectivity index (χ4v) is 4.84. The second-order valence-corrected chi connectivity index (χ2v) is 8.91. The number of fused-ring (bicyclic) bond motifs is 1. The van der Waals surface area contributed by atoms with Crippen LogP contribution in [0, 0.1) is 0 Å². The number of anilines is 1. The van der Waals surface area contributed by atoms with Crippen LogP contribution < -0.4 is 10.2 Å². The molecule has 154 valence electrons. The number of thiocarbonyl (C=S) groups is 1. The predicted octanol–water partition coefficient (Wildman–Crippen LogP) is 4.26. The standard InChI is InChI=1S/C22H26ClN3O2S/c1-6-8-25-20(28)16(19(27)24-21(25)29)10-14-9-15-13(3)12-22(4,5)26(7-2)18(15)11-17(14)23/h6,9-11,13H,1,7-8,12H2,2-5H3,(H,24,27,29)/b16-10+. The van der Waals surface area contributed by atoms with E-state index in [1.165, 1.54) is 10.5 Å². The molecule has 0 spiro atoms. The number of rotatable bonds is 4. The maximum atomic E-state index is 12.8. The molecule has 2 aliphatic rings. The first kappa shape index (κ1) is 21.5. The first-order valence-electron chi connectivity index (χ1n) is 9.71. The van der Waals surface area contributed by atoms with Gasteiger partial charge in [0.05, 0.1) is 0 Å². The molecule has 0 aromatic heterocycles. The van der Waals surface area contributed by atoms with Gasteiger partial charge in [-0.1, -0.05) is 24.6 Å². The van der Waals surface area contributed by atoms with Gasteiger partial charge in [-0.2, -0.15) is 0 Å². The number of nitrogens with one attached hydrogen (secondary N) is 1. The van der Waals surface area contributed by atoms with Crippen LogP contribution in [0.3, 0.4) is 0 Å². The molecule has 7 heteroatoms. The van der Waals surface area contributed by atoms with E-state index >= 15 is 0 Å². The summed E-state index contributed by atoms with van der Waals surface area (Å²) in [6, 6.07) is 3.94. The first-order valence-corrected chi connectivity index (χ1v) is 10.5. The minimum absolute atomic E-state index is 0.0124. The van der Waals surface area contributed by atoms with Crippen LogP contribution >= 0.6 is 23.8 Å². The Labute approximate surface area is 182 Å². The van der Waals surface area contributed by atoms with E-state index < -0.39 is 11.8 Å². The molecule has 1 N–H and O–H groups in total. The lowest BCUT2D eigenvalue weighted by Crippen LogP contribution is -2.53. The minimum Gasteiger partial charge on any atom is -0.366 e. The average Bonchev–Trinajstić information content (AvgIpc) is 2.62. The summed E-state index contributed by atoms with van der Waals surface area (Å²) >= 11 is 11.7. The monoisotopic (exact) mass is 431 g/mol. The molecule has 29 heavy (non-hydrogen) atoms. The number of carbonyl (C=O) groups excluding carboxylic acids is 2. The summed E-state index contributed by atoms with van der Waals surface area (Å²) in [6.07, 6.45) is 4.13. The van der Waals surface area contributed by atoms with Crippen molar-refractivity contribution in [2.75, 3.05) is 18.0 Å². The van der Waals surface area contributed by atoms with Crippen molar-refractivity contribution >= 4 is 52.5 Å². The lowest BCUT2D eigenvalue weighted by molar-refractivity contribution is -0.128. The van der Waals surface area contributed by atoms with Crippen LogP contribution in [0.2, 0.25) is 5.02 Å². The molecule has 0 bridgehead atoms. The number of halogens is 1. The third kappa shape index (κ3) is 3.83. The van der Waals surface area contributed by atoms with E-state index in [-0.39, 0.29) is 22.8 Å².